The summed E-state index contributed by atoms with van der Waals surface area (Å²) in [6.07, 6.45) is 0.599. The molecule has 1 amide bonds. The maximum atomic E-state index is 12.1. The van der Waals surface area contributed by atoms with Crippen molar-refractivity contribution in [1.82, 2.24) is 5.32 Å². The van der Waals surface area contributed by atoms with Gasteiger partial charge in [0.05, 0.1) is 18.6 Å². The zero-order chi connectivity index (χ0) is 16.1. The lowest BCUT2D eigenvalue weighted by molar-refractivity contribution is -0.147. The molecule has 1 fully saturated rings. The molecule has 5 nitrogen and oxygen atoms in total. The molecule has 0 radical (unpaired) electrons. The summed E-state index contributed by atoms with van der Waals surface area (Å²) < 4.78 is 5.05. The third-order valence-corrected chi connectivity index (χ3v) is 4.16. The second-order valence-corrected chi connectivity index (χ2v) is 5.69. The Bertz CT molecular complexity index is 515. The number of benzene rings is 1. The molecule has 1 aliphatic heterocycles. The van der Waals surface area contributed by atoms with Crippen molar-refractivity contribution in [2.75, 3.05) is 6.61 Å². The molecule has 0 bridgehead atoms. The zero-order valence-electron chi connectivity index (χ0n) is 13.0. The minimum Gasteiger partial charge on any atom is -0.464 e. The fraction of sp³-hybridized carbons (Fsp3) is 0.529. The van der Waals surface area contributed by atoms with Crippen molar-refractivity contribution in [1.29, 1.82) is 0 Å². The summed E-state index contributed by atoms with van der Waals surface area (Å²) >= 11 is 0. The maximum absolute atomic E-state index is 12.1. The molecule has 1 heterocycles. The number of esters is 1. The molecule has 0 aromatic heterocycles. The van der Waals surface area contributed by atoms with Crippen LogP contribution in [0.2, 0.25) is 0 Å². The summed E-state index contributed by atoms with van der Waals surface area (Å²) in [4.78, 5) is 24.1. The first-order valence-electron chi connectivity index (χ1n) is 7.73. The maximum Gasteiger partial charge on any atom is 0.328 e. The Morgan fingerprint density at radius 2 is 2.05 bits per heavy atom. The lowest BCUT2D eigenvalue weighted by Crippen LogP contribution is -2.38. The Morgan fingerprint density at radius 3 is 2.64 bits per heavy atom. The first-order valence-corrected chi connectivity index (χ1v) is 7.73. The van der Waals surface area contributed by atoms with Crippen LogP contribution in [-0.4, -0.2) is 35.7 Å². The predicted octanol–water partition coefficient (Wildman–Crippen LogP) is 1.29. The third-order valence-electron chi connectivity index (χ3n) is 4.16. The van der Waals surface area contributed by atoms with Crippen LogP contribution in [0, 0.1) is 11.8 Å². The molecule has 5 heteroatoms. The third kappa shape index (κ3) is 3.65. The lowest BCUT2D eigenvalue weighted by Gasteiger charge is -2.23. The molecule has 22 heavy (non-hydrogen) atoms. The zero-order valence-corrected chi connectivity index (χ0v) is 13.0. The van der Waals surface area contributed by atoms with E-state index in [9.17, 15) is 14.7 Å². The van der Waals surface area contributed by atoms with Gasteiger partial charge in [0, 0.05) is 5.92 Å². The van der Waals surface area contributed by atoms with E-state index in [-0.39, 0.29) is 18.4 Å². The van der Waals surface area contributed by atoms with Crippen molar-refractivity contribution in [3.63, 3.8) is 0 Å². The van der Waals surface area contributed by atoms with E-state index in [0.29, 0.717) is 6.42 Å². The second kappa shape index (κ2) is 7.40. The van der Waals surface area contributed by atoms with Gasteiger partial charge < -0.3 is 15.2 Å². The monoisotopic (exact) mass is 305 g/mol. The number of hydrogen-bond acceptors (Lipinski definition) is 4. The predicted molar refractivity (Wildman–Crippen MR) is 82.0 cm³/mol. The number of ether oxygens (including phenoxy) is 1. The Morgan fingerprint density at radius 1 is 1.36 bits per heavy atom. The number of rotatable bonds is 6. The van der Waals surface area contributed by atoms with Gasteiger partial charge in [-0.15, -0.1) is 0 Å². The van der Waals surface area contributed by atoms with Crippen LogP contribution < -0.4 is 5.32 Å². The minimum atomic E-state index is -0.791. The van der Waals surface area contributed by atoms with Crippen molar-refractivity contribution in [2.45, 2.75) is 38.8 Å². The number of aliphatic hydroxyl groups excluding tert-OH is 1. The molecule has 1 aliphatic rings. The van der Waals surface area contributed by atoms with Gasteiger partial charge in [-0.3, -0.25) is 4.79 Å². The number of amides is 1. The van der Waals surface area contributed by atoms with Gasteiger partial charge in [-0.1, -0.05) is 30.3 Å². The quantitative estimate of drug-likeness (QED) is 0.777. The van der Waals surface area contributed by atoms with E-state index in [1.807, 2.05) is 30.3 Å². The van der Waals surface area contributed by atoms with Gasteiger partial charge in [0.25, 0.3) is 0 Å². The van der Waals surface area contributed by atoms with E-state index >= 15 is 0 Å². The van der Waals surface area contributed by atoms with Crippen LogP contribution in [0.5, 0.6) is 0 Å². The summed E-state index contributed by atoms with van der Waals surface area (Å²) in [6, 6.07) is 9.23. The average Bonchev–Trinajstić information content (AvgIpc) is 2.83. The second-order valence-electron chi connectivity index (χ2n) is 5.69. The van der Waals surface area contributed by atoms with Crippen LogP contribution in [0.15, 0.2) is 30.3 Å². The molecular weight excluding hydrogens is 282 g/mol. The van der Waals surface area contributed by atoms with Crippen molar-refractivity contribution in [2.24, 2.45) is 11.8 Å². The Balaban J connectivity index is 2.12. The fourth-order valence-corrected chi connectivity index (χ4v) is 3.13. The average molecular weight is 305 g/mol. The van der Waals surface area contributed by atoms with E-state index in [1.165, 1.54) is 0 Å². The van der Waals surface area contributed by atoms with Crippen molar-refractivity contribution < 1.29 is 19.4 Å². The number of carbonyl (C=O) groups excluding carboxylic acids is 2. The SMILES string of the molecule is CCOC(=O)[C@H]1NC(=O)[C@@H]([C@@H](C)O)[C@@H]1CCc1ccccc1. The summed E-state index contributed by atoms with van der Waals surface area (Å²) in [7, 11) is 0. The van der Waals surface area contributed by atoms with Crippen molar-refractivity contribution >= 4 is 11.9 Å². The van der Waals surface area contributed by atoms with E-state index in [4.69, 9.17) is 4.74 Å². The number of aliphatic hydroxyl groups is 1. The van der Waals surface area contributed by atoms with E-state index in [2.05, 4.69) is 5.32 Å². The molecule has 0 aliphatic carbocycles. The Labute approximate surface area is 130 Å². The Hall–Kier alpha value is -1.88. The summed E-state index contributed by atoms with van der Waals surface area (Å²) in [5, 5.41) is 12.6. The van der Waals surface area contributed by atoms with Gasteiger partial charge in [0.1, 0.15) is 6.04 Å². The first kappa shape index (κ1) is 16.5. The van der Waals surface area contributed by atoms with Gasteiger partial charge in [-0.05, 0) is 32.3 Å². The van der Waals surface area contributed by atoms with E-state index < -0.39 is 24.0 Å². The van der Waals surface area contributed by atoms with E-state index in [0.717, 1.165) is 12.0 Å². The molecule has 120 valence electrons. The first-order chi connectivity index (χ1) is 10.5. The summed E-state index contributed by atoms with van der Waals surface area (Å²) in [5.41, 5.74) is 1.15. The van der Waals surface area contributed by atoms with Crippen LogP contribution in [0.4, 0.5) is 0 Å². The molecule has 4 atom stereocenters. The van der Waals surface area contributed by atoms with Crippen molar-refractivity contribution in [3.05, 3.63) is 35.9 Å². The van der Waals surface area contributed by atoms with E-state index in [1.54, 1.807) is 13.8 Å². The smallest absolute Gasteiger partial charge is 0.328 e. The van der Waals surface area contributed by atoms with Crippen LogP contribution >= 0.6 is 0 Å². The minimum absolute atomic E-state index is 0.258. The van der Waals surface area contributed by atoms with Gasteiger partial charge >= 0.3 is 5.97 Å². The van der Waals surface area contributed by atoms with Crippen molar-refractivity contribution in [3.8, 4) is 0 Å². The number of aryl methyl sites for hydroxylation is 1. The fourth-order valence-electron chi connectivity index (χ4n) is 3.13. The van der Waals surface area contributed by atoms with Crippen LogP contribution in [0.1, 0.15) is 25.8 Å². The molecule has 1 aromatic rings. The highest BCUT2D eigenvalue weighted by Crippen LogP contribution is 2.31. The standard InChI is InChI=1S/C17H23NO4/c1-3-22-17(21)15-13(14(11(2)19)16(20)18-15)10-9-12-7-5-4-6-8-12/h4-8,11,13-15,19H,3,9-10H2,1-2H3,(H,18,20)/t11-,13+,14+,15+/m1/s1. The molecule has 0 saturated carbocycles. The number of hydrogen-bond donors (Lipinski definition) is 2. The number of carbonyl (C=O) groups is 2. The highest BCUT2D eigenvalue weighted by atomic mass is 16.5. The van der Waals surface area contributed by atoms with Crippen LogP contribution in [-0.2, 0) is 20.7 Å². The highest BCUT2D eigenvalue weighted by Gasteiger charge is 2.47. The molecule has 2 N–H and O–H groups in total. The van der Waals surface area contributed by atoms with Gasteiger partial charge in [-0.2, -0.15) is 0 Å². The van der Waals surface area contributed by atoms with Crippen LogP contribution in [0.25, 0.3) is 0 Å². The van der Waals surface area contributed by atoms with Gasteiger partial charge in [0.2, 0.25) is 5.91 Å². The number of nitrogens with one attached hydrogen (secondary N) is 1. The molecule has 1 aromatic carbocycles. The molecule has 0 unspecified atom stereocenters. The lowest BCUT2D eigenvalue weighted by atomic mass is 9.82. The molecule has 1 saturated heterocycles. The van der Waals surface area contributed by atoms with Gasteiger partial charge in [0.15, 0.2) is 0 Å². The summed E-state index contributed by atoms with van der Waals surface area (Å²) in [5.74, 6) is -1.52. The van der Waals surface area contributed by atoms with Gasteiger partial charge in [-0.25, -0.2) is 4.79 Å². The molecule has 0 spiro atoms. The van der Waals surface area contributed by atoms with Crippen LogP contribution in [0.3, 0.4) is 0 Å². The summed E-state index contributed by atoms with van der Waals surface area (Å²) in [6.45, 7) is 3.60. The highest BCUT2D eigenvalue weighted by molar-refractivity contribution is 5.90. The Kier molecular flexibility index (Phi) is 5.55. The largest absolute Gasteiger partial charge is 0.464 e. The topological polar surface area (TPSA) is 75.6 Å². The molecule has 2 rings (SSSR count). The molecular formula is C17H23NO4. The normalized spacial score (nSPS) is 25.6.